The summed E-state index contributed by atoms with van der Waals surface area (Å²) >= 11 is 1.53. The summed E-state index contributed by atoms with van der Waals surface area (Å²) in [6, 6.07) is 0. The standard InChI is InChI=1S/C10H16N2OS/c1-3-8-14-9(2)10(13)12-6-4-11-5-7-12/h1,9,11H,4-8H2,2H3. The third-order valence-electron chi connectivity index (χ3n) is 2.19. The number of piperazine rings is 1. The van der Waals surface area contributed by atoms with Crippen molar-refractivity contribution in [3.05, 3.63) is 0 Å². The van der Waals surface area contributed by atoms with Crippen molar-refractivity contribution in [2.75, 3.05) is 31.9 Å². The van der Waals surface area contributed by atoms with Gasteiger partial charge in [0.15, 0.2) is 0 Å². The molecular weight excluding hydrogens is 196 g/mol. The number of carbonyl (C=O) groups excluding carboxylic acids is 1. The number of thioether (sulfide) groups is 1. The van der Waals surface area contributed by atoms with Crippen molar-refractivity contribution in [2.45, 2.75) is 12.2 Å². The van der Waals surface area contributed by atoms with Gasteiger partial charge in [0.25, 0.3) is 0 Å². The minimum Gasteiger partial charge on any atom is -0.339 e. The van der Waals surface area contributed by atoms with E-state index in [1.807, 2.05) is 11.8 Å². The number of carbonyl (C=O) groups is 1. The molecule has 1 atom stereocenters. The highest BCUT2D eigenvalue weighted by atomic mass is 32.2. The van der Waals surface area contributed by atoms with E-state index in [2.05, 4.69) is 11.2 Å². The third-order valence-corrected chi connectivity index (χ3v) is 3.23. The molecule has 0 aliphatic carbocycles. The van der Waals surface area contributed by atoms with E-state index >= 15 is 0 Å². The van der Waals surface area contributed by atoms with Crippen LogP contribution in [0.4, 0.5) is 0 Å². The topological polar surface area (TPSA) is 32.3 Å². The molecule has 78 valence electrons. The van der Waals surface area contributed by atoms with Gasteiger partial charge in [-0.25, -0.2) is 0 Å². The van der Waals surface area contributed by atoms with Gasteiger partial charge in [0.2, 0.25) is 5.91 Å². The van der Waals surface area contributed by atoms with E-state index in [1.54, 1.807) is 0 Å². The van der Waals surface area contributed by atoms with Crippen molar-refractivity contribution in [3.63, 3.8) is 0 Å². The number of hydrogen-bond donors (Lipinski definition) is 1. The molecule has 1 aliphatic heterocycles. The van der Waals surface area contributed by atoms with Crippen LogP contribution in [0.3, 0.4) is 0 Å². The van der Waals surface area contributed by atoms with E-state index in [0.717, 1.165) is 26.2 Å². The zero-order chi connectivity index (χ0) is 10.4. The molecule has 1 heterocycles. The summed E-state index contributed by atoms with van der Waals surface area (Å²) in [6.45, 7) is 5.36. The van der Waals surface area contributed by atoms with Gasteiger partial charge in [0.05, 0.1) is 11.0 Å². The van der Waals surface area contributed by atoms with Gasteiger partial charge in [-0.2, -0.15) is 0 Å². The first-order valence-electron chi connectivity index (χ1n) is 4.80. The van der Waals surface area contributed by atoms with Crippen molar-refractivity contribution in [1.82, 2.24) is 10.2 Å². The Balaban J connectivity index is 2.35. The van der Waals surface area contributed by atoms with E-state index in [4.69, 9.17) is 6.42 Å². The molecule has 1 saturated heterocycles. The molecule has 0 aromatic heterocycles. The van der Waals surface area contributed by atoms with Gasteiger partial charge in [-0.15, -0.1) is 18.2 Å². The molecule has 1 rings (SSSR count). The van der Waals surface area contributed by atoms with Crippen molar-refractivity contribution in [3.8, 4) is 12.3 Å². The third kappa shape index (κ3) is 3.24. The lowest BCUT2D eigenvalue weighted by Gasteiger charge is -2.29. The Morgan fingerprint density at radius 3 is 2.86 bits per heavy atom. The number of amides is 1. The average Bonchev–Trinajstić information content (AvgIpc) is 2.26. The maximum absolute atomic E-state index is 11.8. The molecule has 1 aliphatic rings. The van der Waals surface area contributed by atoms with Gasteiger partial charge < -0.3 is 10.2 Å². The van der Waals surface area contributed by atoms with E-state index in [1.165, 1.54) is 11.8 Å². The highest BCUT2D eigenvalue weighted by Gasteiger charge is 2.21. The predicted octanol–water partition coefficient (Wildman–Crippen LogP) is 0.173. The van der Waals surface area contributed by atoms with Crippen molar-refractivity contribution in [1.29, 1.82) is 0 Å². The van der Waals surface area contributed by atoms with Crippen LogP contribution in [0.2, 0.25) is 0 Å². The molecule has 0 aromatic rings. The van der Waals surface area contributed by atoms with Crippen LogP contribution in [-0.2, 0) is 4.79 Å². The Labute approximate surface area is 89.6 Å². The number of nitrogens with one attached hydrogen (secondary N) is 1. The SMILES string of the molecule is C#CCSC(C)C(=O)N1CCNCC1. The zero-order valence-corrected chi connectivity index (χ0v) is 9.27. The lowest BCUT2D eigenvalue weighted by molar-refractivity contribution is -0.130. The predicted molar refractivity (Wildman–Crippen MR) is 60.2 cm³/mol. The molecule has 0 spiro atoms. The van der Waals surface area contributed by atoms with Crippen LogP contribution in [-0.4, -0.2) is 48.0 Å². The summed E-state index contributed by atoms with van der Waals surface area (Å²) in [5.41, 5.74) is 0. The fraction of sp³-hybridized carbons (Fsp3) is 0.700. The van der Waals surface area contributed by atoms with Crippen LogP contribution in [0.15, 0.2) is 0 Å². The number of nitrogens with zero attached hydrogens (tertiary/aromatic N) is 1. The van der Waals surface area contributed by atoms with Gasteiger partial charge in [-0.3, -0.25) is 4.79 Å². The Bertz CT molecular complexity index is 231. The van der Waals surface area contributed by atoms with Crippen LogP contribution >= 0.6 is 11.8 Å². The fourth-order valence-corrected chi connectivity index (χ4v) is 2.02. The number of rotatable bonds is 3. The fourth-order valence-electron chi connectivity index (χ4n) is 1.39. The Morgan fingerprint density at radius 2 is 2.29 bits per heavy atom. The first-order valence-corrected chi connectivity index (χ1v) is 5.85. The smallest absolute Gasteiger partial charge is 0.235 e. The molecule has 1 unspecified atom stereocenters. The summed E-state index contributed by atoms with van der Waals surface area (Å²) in [7, 11) is 0. The van der Waals surface area contributed by atoms with E-state index < -0.39 is 0 Å². The number of hydrogen-bond acceptors (Lipinski definition) is 3. The average molecular weight is 212 g/mol. The van der Waals surface area contributed by atoms with Crippen molar-refractivity contribution < 1.29 is 4.79 Å². The summed E-state index contributed by atoms with van der Waals surface area (Å²) in [4.78, 5) is 13.7. The molecular formula is C10H16N2OS. The lowest BCUT2D eigenvalue weighted by atomic mass is 10.3. The Hall–Kier alpha value is -0.660. The minimum absolute atomic E-state index is 0.0100. The first-order chi connectivity index (χ1) is 6.75. The number of terminal acetylenes is 1. The normalized spacial score (nSPS) is 18.7. The Morgan fingerprint density at radius 1 is 1.64 bits per heavy atom. The van der Waals surface area contributed by atoms with Gasteiger partial charge in [0, 0.05) is 26.2 Å². The molecule has 3 nitrogen and oxygen atoms in total. The van der Waals surface area contributed by atoms with Gasteiger partial charge in [0.1, 0.15) is 0 Å². The molecule has 1 fully saturated rings. The maximum Gasteiger partial charge on any atom is 0.235 e. The molecule has 0 saturated carbocycles. The Kier molecular flexibility index (Phi) is 4.85. The lowest BCUT2D eigenvalue weighted by Crippen LogP contribution is -2.48. The quantitative estimate of drug-likeness (QED) is 0.677. The largest absolute Gasteiger partial charge is 0.339 e. The minimum atomic E-state index is -0.0100. The van der Waals surface area contributed by atoms with Crippen LogP contribution < -0.4 is 5.32 Å². The summed E-state index contributed by atoms with van der Waals surface area (Å²) in [6.07, 6.45) is 5.15. The molecule has 1 N–H and O–H groups in total. The zero-order valence-electron chi connectivity index (χ0n) is 8.45. The highest BCUT2D eigenvalue weighted by Crippen LogP contribution is 2.12. The second-order valence-corrected chi connectivity index (χ2v) is 4.56. The molecule has 0 aromatic carbocycles. The second-order valence-electron chi connectivity index (χ2n) is 3.23. The molecule has 4 heteroatoms. The first kappa shape index (κ1) is 11.4. The summed E-state index contributed by atoms with van der Waals surface area (Å²) < 4.78 is 0. The molecule has 14 heavy (non-hydrogen) atoms. The van der Waals surface area contributed by atoms with E-state index in [0.29, 0.717) is 5.75 Å². The van der Waals surface area contributed by atoms with Gasteiger partial charge in [-0.05, 0) is 6.92 Å². The second kappa shape index (κ2) is 5.94. The van der Waals surface area contributed by atoms with Crippen LogP contribution in [0.5, 0.6) is 0 Å². The van der Waals surface area contributed by atoms with E-state index in [9.17, 15) is 4.79 Å². The maximum atomic E-state index is 11.8. The van der Waals surface area contributed by atoms with Gasteiger partial charge in [-0.1, -0.05) is 5.92 Å². The van der Waals surface area contributed by atoms with E-state index in [-0.39, 0.29) is 11.2 Å². The van der Waals surface area contributed by atoms with Crippen LogP contribution in [0.1, 0.15) is 6.92 Å². The van der Waals surface area contributed by atoms with Gasteiger partial charge >= 0.3 is 0 Å². The highest BCUT2D eigenvalue weighted by molar-refractivity contribution is 8.00. The summed E-state index contributed by atoms with van der Waals surface area (Å²) in [5, 5.41) is 3.21. The monoisotopic (exact) mass is 212 g/mol. The summed E-state index contributed by atoms with van der Waals surface area (Å²) in [5.74, 6) is 3.36. The molecule has 0 radical (unpaired) electrons. The van der Waals surface area contributed by atoms with Crippen LogP contribution in [0, 0.1) is 12.3 Å². The molecule has 1 amide bonds. The van der Waals surface area contributed by atoms with Crippen molar-refractivity contribution >= 4 is 17.7 Å². The molecule has 0 bridgehead atoms. The van der Waals surface area contributed by atoms with Crippen molar-refractivity contribution in [2.24, 2.45) is 0 Å². The van der Waals surface area contributed by atoms with Crippen LogP contribution in [0.25, 0.3) is 0 Å².